The molecule has 31 heavy (non-hydrogen) atoms. The lowest BCUT2D eigenvalue weighted by molar-refractivity contribution is -0.120. The average molecular weight is 463 g/mol. The average Bonchev–Trinajstić information content (AvgIpc) is 3.08. The van der Waals surface area contributed by atoms with Crippen LogP contribution in [0, 0.1) is 0 Å². The van der Waals surface area contributed by atoms with Crippen molar-refractivity contribution in [3.8, 4) is 5.75 Å². The van der Waals surface area contributed by atoms with E-state index in [4.69, 9.17) is 9.88 Å². The van der Waals surface area contributed by atoms with Crippen LogP contribution < -0.4 is 15.2 Å². The second-order valence-corrected chi connectivity index (χ2v) is 9.94. The minimum Gasteiger partial charge on any atom is -0.497 e. The molecular weight excluding hydrogens is 436 g/mol. The molecule has 166 valence electrons. The summed E-state index contributed by atoms with van der Waals surface area (Å²) in [6, 6.07) is 12.2. The molecule has 0 aliphatic carbocycles. The summed E-state index contributed by atoms with van der Waals surface area (Å²) >= 11 is 1.34. The number of ether oxygens (including phenoxy) is 1. The molecule has 3 N–H and O–H groups in total. The van der Waals surface area contributed by atoms with Gasteiger partial charge >= 0.3 is 0 Å². The third-order valence-electron chi connectivity index (χ3n) is 4.74. The van der Waals surface area contributed by atoms with Gasteiger partial charge in [0.2, 0.25) is 15.9 Å². The Kier molecular flexibility index (Phi) is 7.24. The van der Waals surface area contributed by atoms with Gasteiger partial charge in [-0.05, 0) is 49.2 Å². The fourth-order valence-corrected chi connectivity index (χ4v) is 4.59. The largest absolute Gasteiger partial charge is 0.497 e. The van der Waals surface area contributed by atoms with Crippen LogP contribution in [-0.2, 0) is 27.9 Å². The number of nitrogens with zero attached hydrogens (tertiary/aromatic N) is 2. The minimum absolute atomic E-state index is 0.0166. The monoisotopic (exact) mass is 462 g/mol. The number of nitrogens with two attached hydrogens (primary N) is 1. The zero-order valence-electron chi connectivity index (χ0n) is 17.7. The molecular formula is C21H26N4O4S2. The Morgan fingerprint density at radius 3 is 2.58 bits per heavy atom. The Labute approximate surface area is 186 Å². The third kappa shape index (κ3) is 5.57. The second-order valence-electron chi connectivity index (χ2n) is 7.07. The van der Waals surface area contributed by atoms with Crippen molar-refractivity contribution in [2.75, 3.05) is 7.11 Å². The molecule has 0 saturated heterocycles. The Morgan fingerprint density at radius 1 is 1.26 bits per heavy atom. The number of fused-ring (bicyclic) bond motifs is 1. The molecule has 3 aromatic rings. The van der Waals surface area contributed by atoms with Crippen molar-refractivity contribution in [3.05, 3.63) is 48.0 Å². The first-order chi connectivity index (χ1) is 14.7. The van der Waals surface area contributed by atoms with Gasteiger partial charge in [0.05, 0.1) is 28.3 Å². The van der Waals surface area contributed by atoms with E-state index in [1.807, 2.05) is 42.7 Å². The Bertz CT molecular complexity index is 1170. The summed E-state index contributed by atoms with van der Waals surface area (Å²) < 4.78 is 30.5. The fraction of sp³-hybridized carbons (Fsp3) is 0.333. The lowest BCUT2D eigenvalue weighted by atomic mass is 10.2. The van der Waals surface area contributed by atoms with E-state index in [9.17, 15) is 13.2 Å². The Balaban J connectivity index is 1.75. The van der Waals surface area contributed by atoms with Crippen LogP contribution >= 0.6 is 11.8 Å². The molecule has 0 aliphatic rings. The number of benzene rings is 2. The summed E-state index contributed by atoms with van der Waals surface area (Å²) in [4.78, 5) is 17.2. The van der Waals surface area contributed by atoms with Crippen LogP contribution in [0.1, 0.15) is 25.8 Å². The zero-order valence-corrected chi connectivity index (χ0v) is 19.3. The highest BCUT2D eigenvalue weighted by molar-refractivity contribution is 8.00. The van der Waals surface area contributed by atoms with Gasteiger partial charge in [-0.3, -0.25) is 4.79 Å². The highest BCUT2D eigenvalue weighted by atomic mass is 32.2. The van der Waals surface area contributed by atoms with E-state index in [1.165, 1.54) is 23.9 Å². The number of thioether (sulfide) groups is 1. The standard InChI is InChI=1S/C21H26N4O4S2/c1-4-11-25-19-10-9-17(31(22,27)28)12-18(19)24-21(25)30-14(2)20(26)23-13-15-5-7-16(29-3)8-6-15/h5-10,12,14H,4,11,13H2,1-3H3,(H,23,26)(H2,22,27,28)/t14-/m1/s1. The predicted octanol–water partition coefficient (Wildman–Crippen LogP) is 2.90. The van der Waals surface area contributed by atoms with E-state index in [-0.39, 0.29) is 16.1 Å². The van der Waals surface area contributed by atoms with E-state index in [2.05, 4.69) is 10.3 Å². The van der Waals surface area contributed by atoms with Gasteiger partial charge in [0, 0.05) is 13.1 Å². The van der Waals surface area contributed by atoms with Gasteiger partial charge in [0.15, 0.2) is 5.16 Å². The first kappa shape index (κ1) is 23.1. The molecule has 0 spiro atoms. The van der Waals surface area contributed by atoms with Gasteiger partial charge in [-0.2, -0.15) is 0 Å². The van der Waals surface area contributed by atoms with E-state index in [0.29, 0.717) is 23.8 Å². The van der Waals surface area contributed by atoms with Crippen molar-refractivity contribution in [1.82, 2.24) is 14.9 Å². The quantitative estimate of drug-likeness (QED) is 0.472. The van der Waals surface area contributed by atoms with Gasteiger partial charge in [-0.1, -0.05) is 30.8 Å². The number of primary sulfonamides is 1. The summed E-state index contributed by atoms with van der Waals surface area (Å²) in [7, 11) is -2.20. The van der Waals surface area contributed by atoms with Gasteiger partial charge in [0.25, 0.3) is 0 Å². The molecule has 2 aromatic carbocycles. The van der Waals surface area contributed by atoms with Gasteiger partial charge in [-0.15, -0.1) is 0 Å². The first-order valence-corrected chi connectivity index (χ1v) is 12.3. The molecule has 0 fully saturated rings. The maximum absolute atomic E-state index is 12.6. The summed E-state index contributed by atoms with van der Waals surface area (Å²) in [6.45, 7) is 4.98. The fourth-order valence-electron chi connectivity index (χ4n) is 3.08. The molecule has 0 aliphatic heterocycles. The van der Waals surface area contributed by atoms with E-state index >= 15 is 0 Å². The smallest absolute Gasteiger partial charge is 0.238 e. The Hall–Kier alpha value is -2.56. The maximum Gasteiger partial charge on any atom is 0.238 e. The van der Waals surface area contributed by atoms with E-state index in [0.717, 1.165) is 23.3 Å². The molecule has 3 rings (SSSR count). The topological polar surface area (TPSA) is 116 Å². The number of sulfonamides is 1. The van der Waals surface area contributed by atoms with Crippen molar-refractivity contribution in [2.24, 2.45) is 5.14 Å². The molecule has 10 heteroatoms. The van der Waals surface area contributed by atoms with Crippen LogP contribution in [0.3, 0.4) is 0 Å². The normalized spacial score (nSPS) is 12.6. The van der Waals surface area contributed by atoms with Crippen LogP contribution in [0.5, 0.6) is 5.75 Å². The maximum atomic E-state index is 12.6. The van der Waals surface area contributed by atoms with Gasteiger partial charge < -0.3 is 14.6 Å². The number of rotatable bonds is 9. The van der Waals surface area contributed by atoms with E-state index in [1.54, 1.807) is 13.2 Å². The summed E-state index contributed by atoms with van der Waals surface area (Å²) in [5, 5.41) is 8.46. The van der Waals surface area contributed by atoms with Crippen LogP contribution in [0.2, 0.25) is 0 Å². The first-order valence-electron chi connectivity index (χ1n) is 9.83. The molecule has 1 atom stereocenters. The lowest BCUT2D eigenvalue weighted by Crippen LogP contribution is -2.30. The lowest BCUT2D eigenvalue weighted by Gasteiger charge is -2.13. The molecule has 0 radical (unpaired) electrons. The zero-order chi connectivity index (χ0) is 22.6. The Morgan fingerprint density at radius 2 is 1.97 bits per heavy atom. The summed E-state index contributed by atoms with van der Waals surface area (Å²) in [6.07, 6.45) is 0.869. The number of methoxy groups -OCH3 is 1. The number of imidazole rings is 1. The molecule has 0 unspecified atom stereocenters. The van der Waals surface area contributed by atoms with Crippen LogP contribution in [-0.4, -0.2) is 36.2 Å². The number of nitrogens with one attached hydrogen (secondary N) is 1. The van der Waals surface area contributed by atoms with Gasteiger partial charge in [-0.25, -0.2) is 18.5 Å². The number of carbonyl (C=O) groups excluding carboxylic acids is 1. The van der Waals surface area contributed by atoms with Crippen molar-refractivity contribution in [3.63, 3.8) is 0 Å². The summed E-state index contributed by atoms with van der Waals surface area (Å²) in [5.74, 6) is 0.653. The van der Waals surface area contributed by atoms with Crippen molar-refractivity contribution >= 4 is 38.7 Å². The number of aryl methyl sites for hydroxylation is 1. The SMILES string of the molecule is CCCn1c(S[C@H](C)C(=O)NCc2ccc(OC)cc2)nc2cc(S(N)(=O)=O)ccc21. The van der Waals surface area contributed by atoms with Crippen LogP contribution in [0.4, 0.5) is 0 Å². The number of hydrogen-bond acceptors (Lipinski definition) is 6. The van der Waals surface area contributed by atoms with Crippen molar-refractivity contribution in [1.29, 1.82) is 0 Å². The van der Waals surface area contributed by atoms with Gasteiger partial charge in [0.1, 0.15) is 5.75 Å². The third-order valence-corrected chi connectivity index (χ3v) is 6.74. The number of hydrogen-bond donors (Lipinski definition) is 2. The van der Waals surface area contributed by atoms with Crippen LogP contribution in [0.15, 0.2) is 52.5 Å². The highest BCUT2D eigenvalue weighted by Crippen LogP contribution is 2.29. The van der Waals surface area contributed by atoms with E-state index < -0.39 is 10.0 Å². The molecule has 0 saturated carbocycles. The molecule has 1 aromatic heterocycles. The number of carbonyl (C=O) groups is 1. The van der Waals surface area contributed by atoms with Crippen LogP contribution in [0.25, 0.3) is 11.0 Å². The predicted molar refractivity (Wildman–Crippen MR) is 122 cm³/mol. The highest BCUT2D eigenvalue weighted by Gasteiger charge is 2.20. The number of aromatic nitrogens is 2. The molecule has 1 heterocycles. The number of amides is 1. The molecule has 8 nitrogen and oxygen atoms in total. The molecule has 0 bridgehead atoms. The second kappa shape index (κ2) is 9.71. The van der Waals surface area contributed by atoms with Crippen molar-refractivity contribution < 1.29 is 17.9 Å². The molecule has 1 amide bonds. The summed E-state index contributed by atoms with van der Waals surface area (Å²) in [5.41, 5.74) is 2.32. The minimum atomic E-state index is -3.81. The van der Waals surface area contributed by atoms with Crippen molar-refractivity contribution in [2.45, 2.75) is 48.7 Å².